The van der Waals surface area contributed by atoms with Crippen molar-refractivity contribution in [3.8, 4) is 5.69 Å². The van der Waals surface area contributed by atoms with Crippen LogP contribution in [0.15, 0.2) is 48.8 Å². The van der Waals surface area contributed by atoms with E-state index in [1.54, 1.807) is 34.1 Å². The van der Waals surface area contributed by atoms with Crippen LogP contribution in [0, 0.1) is 5.82 Å². The molecule has 0 atom stereocenters. The molecule has 0 radical (unpaired) electrons. The van der Waals surface area contributed by atoms with Gasteiger partial charge in [-0.25, -0.2) is 4.39 Å². The van der Waals surface area contributed by atoms with Gasteiger partial charge < -0.3 is 9.80 Å². The van der Waals surface area contributed by atoms with Crippen LogP contribution in [-0.2, 0) is 0 Å². The van der Waals surface area contributed by atoms with Gasteiger partial charge in [-0.2, -0.15) is 4.68 Å². The predicted octanol–water partition coefficient (Wildman–Crippen LogP) is 2.05. The number of hydrogen-bond donors (Lipinski definition) is 0. The molecule has 0 aliphatic carbocycles. The molecule has 0 bridgehead atoms. The van der Waals surface area contributed by atoms with Crippen LogP contribution in [-0.4, -0.2) is 68.0 Å². The van der Waals surface area contributed by atoms with E-state index in [0.717, 1.165) is 6.07 Å². The van der Waals surface area contributed by atoms with E-state index in [4.69, 9.17) is 11.6 Å². The maximum atomic E-state index is 13.2. The van der Waals surface area contributed by atoms with Crippen LogP contribution < -0.4 is 0 Å². The van der Waals surface area contributed by atoms with Gasteiger partial charge in [0.1, 0.15) is 12.1 Å². The summed E-state index contributed by atoms with van der Waals surface area (Å²) in [5.41, 5.74) is 1.30. The Morgan fingerprint density at radius 2 is 1.59 bits per heavy atom. The summed E-state index contributed by atoms with van der Waals surface area (Å²) in [7, 11) is 0. The number of piperazine rings is 1. The average molecular weight is 415 g/mol. The first kappa shape index (κ1) is 19.0. The molecule has 0 unspecified atom stereocenters. The Morgan fingerprint density at radius 1 is 0.931 bits per heavy atom. The number of aromatic nitrogens is 4. The molecule has 4 rings (SSSR count). The van der Waals surface area contributed by atoms with Crippen LogP contribution in [0.2, 0.25) is 5.02 Å². The Morgan fingerprint density at radius 3 is 2.21 bits per heavy atom. The quantitative estimate of drug-likeness (QED) is 0.655. The van der Waals surface area contributed by atoms with Gasteiger partial charge in [-0.05, 0) is 40.8 Å². The molecular formula is C19H16ClFN6O2. The summed E-state index contributed by atoms with van der Waals surface area (Å²) in [6.45, 7) is 1.44. The van der Waals surface area contributed by atoms with Crippen molar-refractivity contribution in [2.24, 2.45) is 0 Å². The van der Waals surface area contributed by atoms with Crippen LogP contribution in [0.1, 0.15) is 20.7 Å². The summed E-state index contributed by atoms with van der Waals surface area (Å²) < 4.78 is 14.7. The Kier molecular flexibility index (Phi) is 5.22. The van der Waals surface area contributed by atoms with E-state index in [1.165, 1.54) is 23.1 Å². The fraction of sp³-hybridized carbons (Fsp3) is 0.211. The highest BCUT2D eigenvalue weighted by atomic mass is 35.5. The first-order valence-corrected chi connectivity index (χ1v) is 9.28. The highest BCUT2D eigenvalue weighted by Gasteiger charge is 2.27. The van der Waals surface area contributed by atoms with Crippen molar-refractivity contribution < 1.29 is 14.0 Å². The van der Waals surface area contributed by atoms with Crippen LogP contribution >= 0.6 is 11.6 Å². The van der Waals surface area contributed by atoms with Gasteiger partial charge in [-0.3, -0.25) is 9.59 Å². The van der Waals surface area contributed by atoms with E-state index in [-0.39, 0.29) is 22.4 Å². The number of carbonyl (C=O) groups is 2. The second-order valence-electron chi connectivity index (χ2n) is 6.48. The predicted molar refractivity (Wildman–Crippen MR) is 102 cm³/mol. The lowest BCUT2D eigenvalue weighted by molar-refractivity contribution is 0.0535. The molecule has 1 aliphatic rings. The molecule has 0 saturated carbocycles. The number of carbonyl (C=O) groups excluding carboxylic acids is 2. The van der Waals surface area contributed by atoms with Gasteiger partial charge in [0, 0.05) is 26.2 Å². The van der Waals surface area contributed by atoms with Crippen molar-refractivity contribution in [1.29, 1.82) is 0 Å². The molecule has 0 N–H and O–H groups in total. The molecule has 1 saturated heterocycles. The Labute approximate surface area is 170 Å². The van der Waals surface area contributed by atoms with Crippen molar-refractivity contribution in [1.82, 2.24) is 30.0 Å². The highest BCUT2D eigenvalue weighted by Crippen LogP contribution is 2.21. The zero-order valence-corrected chi connectivity index (χ0v) is 16.0. The zero-order valence-electron chi connectivity index (χ0n) is 15.2. The average Bonchev–Trinajstić information content (AvgIpc) is 3.28. The molecule has 3 aromatic rings. The van der Waals surface area contributed by atoms with Gasteiger partial charge in [0.25, 0.3) is 11.8 Å². The number of benzene rings is 2. The van der Waals surface area contributed by atoms with Crippen molar-refractivity contribution in [3.63, 3.8) is 0 Å². The van der Waals surface area contributed by atoms with E-state index in [1.807, 2.05) is 0 Å². The van der Waals surface area contributed by atoms with Gasteiger partial charge in [0.05, 0.1) is 21.8 Å². The molecule has 2 aromatic carbocycles. The molecule has 0 spiro atoms. The first-order chi connectivity index (χ1) is 14.0. The Balaban J connectivity index is 1.46. The van der Waals surface area contributed by atoms with Crippen molar-refractivity contribution in [2.75, 3.05) is 26.2 Å². The molecule has 10 heteroatoms. The minimum Gasteiger partial charge on any atom is -0.335 e. The fourth-order valence-electron chi connectivity index (χ4n) is 3.24. The number of rotatable bonds is 3. The lowest BCUT2D eigenvalue weighted by atomic mass is 10.1. The Bertz CT molecular complexity index is 1050. The largest absolute Gasteiger partial charge is 0.335 e. The molecule has 1 aromatic heterocycles. The smallest absolute Gasteiger partial charge is 0.256 e. The molecular weight excluding hydrogens is 399 g/mol. The van der Waals surface area contributed by atoms with Gasteiger partial charge in [-0.1, -0.05) is 23.7 Å². The molecule has 29 heavy (non-hydrogen) atoms. The third-order valence-electron chi connectivity index (χ3n) is 4.75. The Hall–Kier alpha value is -3.33. The number of para-hydroxylation sites is 1. The summed E-state index contributed by atoms with van der Waals surface area (Å²) in [5, 5.41) is 11.1. The maximum Gasteiger partial charge on any atom is 0.256 e. The van der Waals surface area contributed by atoms with Crippen LogP contribution in [0.3, 0.4) is 0 Å². The second kappa shape index (κ2) is 7.96. The molecule has 1 fully saturated rings. The number of tetrazole rings is 1. The standard InChI is InChI=1S/C19H16ClFN6O2/c20-16-11-13(21)5-6-14(16)18(28)25-7-9-26(10-8-25)19(29)15-3-1-2-4-17(15)27-12-22-23-24-27/h1-6,11-12H,7-10H2. The number of hydrogen-bond acceptors (Lipinski definition) is 5. The van der Waals surface area contributed by atoms with Crippen molar-refractivity contribution in [2.45, 2.75) is 0 Å². The lowest BCUT2D eigenvalue weighted by Crippen LogP contribution is -2.50. The monoisotopic (exact) mass is 414 g/mol. The van der Waals surface area contributed by atoms with E-state index < -0.39 is 5.82 Å². The van der Waals surface area contributed by atoms with Gasteiger partial charge in [0.2, 0.25) is 0 Å². The summed E-state index contributed by atoms with van der Waals surface area (Å²) in [6.07, 6.45) is 1.43. The van der Waals surface area contributed by atoms with E-state index >= 15 is 0 Å². The third-order valence-corrected chi connectivity index (χ3v) is 5.06. The minimum atomic E-state index is -0.497. The number of halogens is 2. The summed E-state index contributed by atoms with van der Waals surface area (Å²) >= 11 is 6.00. The number of nitrogens with zero attached hydrogens (tertiary/aromatic N) is 6. The fourth-order valence-corrected chi connectivity index (χ4v) is 3.49. The summed E-state index contributed by atoms with van der Waals surface area (Å²) in [5.74, 6) is -0.942. The van der Waals surface area contributed by atoms with Gasteiger partial charge in [-0.15, -0.1) is 5.10 Å². The van der Waals surface area contributed by atoms with Gasteiger partial charge >= 0.3 is 0 Å². The van der Waals surface area contributed by atoms with E-state index in [0.29, 0.717) is 37.4 Å². The van der Waals surface area contributed by atoms with E-state index in [2.05, 4.69) is 15.5 Å². The van der Waals surface area contributed by atoms with Crippen molar-refractivity contribution >= 4 is 23.4 Å². The van der Waals surface area contributed by atoms with Gasteiger partial charge in [0.15, 0.2) is 0 Å². The molecule has 2 heterocycles. The van der Waals surface area contributed by atoms with Crippen molar-refractivity contribution in [3.05, 3.63) is 70.8 Å². The van der Waals surface area contributed by atoms with Crippen LogP contribution in [0.4, 0.5) is 4.39 Å². The zero-order chi connectivity index (χ0) is 20.4. The molecule has 2 amide bonds. The second-order valence-corrected chi connectivity index (χ2v) is 6.89. The maximum absolute atomic E-state index is 13.2. The minimum absolute atomic E-state index is 0.0730. The third kappa shape index (κ3) is 3.81. The number of amides is 2. The van der Waals surface area contributed by atoms with E-state index in [9.17, 15) is 14.0 Å². The van der Waals surface area contributed by atoms with Crippen LogP contribution in [0.25, 0.3) is 5.69 Å². The molecule has 1 aliphatic heterocycles. The summed E-state index contributed by atoms with van der Waals surface area (Å²) in [4.78, 5) is 29.0. The molecule has 148 valence electrons. The lowest BCUT2D eigenvalue weighted by Gasteiger charge is -2.35. The topological polar surface area (TPSA) is 84.2 Å². The summed E-state index contributed by atoms with van der Waals surface area (Å²) in [6, 6.07) is 10.8. The van der Waals surface area contributed by atoms with Crippen LogP contribution in [0.5, 0.6) is 0 Å². The SMILES string of the molecule is O=C(c1ccc(F)cc1Cl)N1CCN(C(=O)c2ccccc2-n2cnnn2)CC1. The highest BCUT2D eigenvalue weighted by molar-refractivity contribution is 6.33. The molecule has 8 nitrogen and oxygen atoms in total. The first-order valence-electron chi connectivity index (χ1n) is 8.90. The normalized spacial score (nSPS) is 14.1.